The summed E-state index contributed by atoms with van der Waals surface area (Å²) in [6.07, 6.45) is 0.767. The predicted molar refractivity (Wildman–Crippen MR) is 77.3 cm³/mol. The molecule has 1 aliphatic rings. The second-order valence-corrected chi connectivity index (χ2v) is 5.84. The van der Waals surface area contributed by atoms with Gasteiger partial charge < -0.3 is 4.74 Å². The lowest BCUT2D eigenvalue weighted by Gasteiger charge is -2.29. The van der Waals surface area contributed by atoms with Crippen molar-refractivity contribution in [3.05, 3.63) is 65.2 Å². The number of hydrogen-bond donors (Lipinski definition) is 0. The Morgan fingerprint density at radius 2 is 1.95 bits per heavy atom. The lowest BCUT2D eigenvalue weighted by molar-refractivity contribution is 0.265. The quantitative estimate of drug-likeness (QED) is 0.702. The highest BCUT2D eigenvalue weighted by molar-refractivity contribution is 9.09. The molecule has 0 saturated carbocycles. The summed E-state index contributed by atoms with van der Waals surface area (Å²) in [6.45, 7) is 0.584. The van der Waals surface area contributed by atoms with Crippen LogP contribution in [0.1, 0.15) is 28.3 Å². The van der Waals surface area contributed by atoms with Crippen molar-refractivity contribution in [2.45, 2.75) is 17.2 Å². The van der Waals surface area contributed by atoms with Gasteiger partial charge in [-0.3, -0.25) is 0 Å². The Morgan fingerprint density at radius 3 is 2.80 bits per heavy atom. The molecule has 0 spiro atoms. The molecule has 2 aromatic rings. The number of fused-ring (bicyclic) bond motifs is 1. The molecule has 2 aromatic carbocycles. The van der Waals surface area contributed by atoms with Crippen LogP contribution in [0.25, 0.3) is 0 Å². The van der Waals surface area contributed by atoms with Gasteiger partial charge in [-0.25, -0.2) is 8.78 Å². The summed E-state index contributed by atoms with van der Waals surface area (Å²) in [5, 5.41) is 0. The van der Waals surface area contributed by atoms with Crippen LogP contribution in [0.15, 0.2) is 42.5 Å². The number of benzene rings is 2. The van der Waals surface area contributed by atoms with Gasteiger partial charge in [-0.05, 0) is 36.2 Å². The second kappa shape index (κ2) is 5.52. The van der Waals surface area contributed by atoms with Crippen LogP contribution in [0.3, 0.4) is 0 Å². The Morgan fingerprint density at radius 1 is 1.15 bits per heavy atom. The highest BCUT2D eigenvalue weighted by Gasteiger charge is 2.30. The van der Waals surface area contributed by atoms with Gasteiger partial charge in [-0.15, -0.1) is 0 Å². The first-order valence-electron chi connectivity index (χ1n) is 6.47. The standard InChI is InChI=1S/C16H13BrF2O/c17-16(13-9-10(18)5-6-14(13)19)12-7-8-20-15-4-2-1-3-11(12)15/h1-6,9,12,16H,7-8H2. The van der Waals surface area contributed by atoms with E-state index in [2.05, 4.69) is 15.9 Å². The number of ether oxygens (including phenoxy) is 1. The molecule has 0 N–H and O–H groups in total. The van der Waals surface area contributed by atoms with Crippen LogP contribution in [-0.2, 0) is 0 Å². The molecule has 3 rings (SSSR count). The molecule has 0 fully saturated rings. The number of hydrogen-bond acceptors (Lipinski definition) is 1. The van der Waals surface area contributed by atoms with Gasteiger partial charge in [0.05, 0.1) is 6.61 Å². The summed E-state index contributed by atoms with van der Waals surface area (Å²) < 4.78 is 32.9. The number of rotatable bonds is 2. The summed E-state index contributed by atoms with van der Waals surface area (Å²) in [4.78, 5) is -0.275. The molecule has 0 amide bonds. The van der Waals surface area contributed by atoms with Crippen molar-refractivity contribution in [3.8, 4) is 5.75 Å². The van der Waals surface area contributed by atoms with Crippen LogP contribution in [0.2, 0.25) is 0 Å². The predicted octanol–water partition coefficient (Wildman–Crippen LogP) is 4.97. The minimum Gasteiger partial charge on any atom is -0.493 e. The zero-order valence-corrected chi connectivity index (χ0v) is 12.2. The van der Waals surface area contributed by atoms with E-state index in [1.165, 1.54) is 12.1 Å². The first-order chi connectivity index (χ1) is 9.66. The minimum absolute atomic E-state index is 0.0660. The molecule has 0 aliphatic carbocycles. The van der Waals surface area contributed by atoms with E-state index in [-0.39, 0.29) is 10.7 Å². The Kier molecular flexibility index (Phi) is 3.74. The van der Waals surface area contributed by atoms with Crippen LogP contribution in [0.4, 0.5) is 8.78 Å². The molecule has 0 saturated heterocycles. The van der Waals surface area contributed by atoms with Crippen molar-refractivity contribution in [1.29, 1.82) is 0 Å². The molecule has 20 heavy (non-hydrogen) atoms. The van der Waals surface area contributed by atoms with E-state index in [1.807, 2.05) is 24.3 Å². The van der Waals surface area contributed by atoms with Gasteiger partial charge in [0.1, 0.15) is 17.4 Å². The van der Waals surface area contributed by atoms with Crippen LogP contribution < -0.4 is 4.74 Å². The van der Waals surface area contributed by atoms with Crippen molar-refractivity contribution in [2.75, 3.05) is 6.61 Å². The fraction of sp³-hybridized carbons (Fsp3) is 0.250. The molecule has 104 valence electrons. The van der Waals surface area contributed by atoms with E-state index >= 15 is 0 Å². The third-order valence-corrected chi connectivity index (χ3v) is 4.74. The van der Waals surface area contributed by atoms with E-state index in [4.69, 9.17) is 4.74 Å². The zero-order chi connectivity index (χ0) is 14.1. The van der Waals surface area contributed by atoms with Gasteiger partial charge in [0, 0.05) is 16.3 Å². The minimum atomic E-state index is -0.425. The van der Waals surface area contributed by atoms with Gasteiger partial charge in [-0.2, -0.15) is 0 Å². The highest BCUT2D eigenvalue weighted by Crippen LogP contribution is 2.46. The fourth-order valence-corrected chi connectivity index (χ4v) is 3.52. The van der Waals surface area contributed by atoms with Crippen molar-refractivity contribution >= 4 is 15.9 Å². The van der Waals surface area contributed by atoms with E-state index in [0.29, 0.717) is 12.2 Å². The summed E-state index contributed by atoms with van der Waals surface area (Å²) in [7, 11) is 0. The smallest absolute Gasteiger partial charge is 0.127 e. The summed E-state index contributed by atoms with van der Waals surface area (Å²) in [5.41, 5.74) is 1.39. The van der Waals surface area contributed by atoms with Crippen molar-refractivity contribution in [2.24, 2.45) is 0 Å². The average Bonchev–Trinajstić information content (AvgIpc) is 2.48. The molecule has 2 unspecified atom stereocenters. The monoisotopic (exact) mass is 338 g/mol. The van der Waals surface area contributed by atoms with Gasteiger partial charge in [-0.1, -0.05) is 34.1 Å². The maximum absolute atomic E-state index is 13.9. The first kappa shape index (κ1) is 13.6. The number of alkyl halides is 1. The van der Waals surface area contributed by atoms with Crippen LogP contribution in [0, 0.1) is 11.6 Å². The molecule has 1 heterocycles. The Balaban J connectivity index is 1.99. The van der Waals surface area contributed by atoms with Gasteiger partial charge in [0.15, 0.2) is 0 Å². The molecule has 0 aromatic heterocycles. The van der Waals surface area contributed by atoms with Crippen LogP contribution in [0.5, 0.6) is 5.75 Å². The van der Waals surface area contributed by atoms with Crippen molar-refractivity contribution < 1.29 is 13.5 Å². The van der Waals surface area contributed by atoms with Gasteiger partial charge in [0.25, 0.3) is 0 Å². The normalized spacial score (nSPS) is 19.1. The topological polar surface area (TPSA) is 9.23 Å². The summed E-state index contributed by atoms with van der Waals surface area (Å²) >= 11 is 3.54. The average molecular weight is 339 g/mol. The first-order valence-corrected chi connectivity index (χ1v) is 7.39. The largest absolute Gasteiger partial charge is 0.493 e. The molecule has 4 heteroatoms. The Bertz CT molecular complexity index is 630. The third-order valence-electron chi connectivity index (χ3n) is 3.61. The fourth-order valence-electron chi connectivity index (χ4n) is 2.62. The molecular formula is C16H13BrF2O. The van der Waals surface area contributed by atoms with Crippen LogP contribution >= 0.6 is 15.9 Å². The number of para-hydroxylation sites is 1. The van der Waals surface area contributed by atoms with Gasteiger partial charge in [0.2, 0.25) is 0 Å². The molecule has 1 aliphatic heterocycles. The number of halogens is 3. The van der Waals surface area contributed by atoms with Crippen molar-refractivity contribution in [3.63, 3.8) is 0 Å². The van der Waals surface area contributed by atoms with Crippen LogP contribution in [-0.4, -0.2) is 6.61 Å². The lowest BCUT2D eigenvalue weighted by Crippen LogP contribution is -2.18. The maximum atomic E-state index is 13.9. The Hall–Kier alpha value is -1.42. The highest BCUT2D eigenvalue weighted by atomic mass is 79.9. The van der Waals surface area contributed by atoms with Crippen molar-refractivity contribution in [1.82, 2.24) is 0 Å². The SMILES string of the molecule is Fc1ccc(F)c(C(Br)C2CCOc3ccccc32)c1. The maximum Gasteiger partial charge on any atom is 0.127 e. The molecule has 0 bridgehead atoms. The molecule has 0 radical (unpaired) electrons. The summed E-state index contributed by atoms with van der Waals surface area (Å²) in [6, 6.07) is 11.3. The lowest BCUT2D eigenvalue weighted by atomic mass is 9.87. The van der Waals surface area contributed by atoms with E-state index in [0.717, 1.165) is 23.8 Å². The third kappa shape index (κ3) is 2.44. The van der Waals surface area contributed by atoms with E-state index in [9.17, 15) is 8.78 Å². The van der Waals surface area contributed by atoms with Gasteiger partial charge >= 0.3 is 0 Å². The zero-order valence-electron chi connectivity index (χ0n) is 10.7. The second-order valence-electron chi connectivity index (χ2n) is 4.85. The van der Waals surface area contributed by atoms with E-state index < -0.39 is 11.6 Å². The Labute approximate surface area is 124 Å². The molecule has 1 nitrogen and oxygen atoms in total. The van der Waals surface area contributed by atoms with E-state index in [1.54, 1.807) is 0 Å². The molecule has 2 atom stereocenters. The summed E-state index contributed by atoms with van der Waals surface area (Å²) in [5.74, 6) is 0.0738. The molecular weight excluding hydrogens is 326 g/mol.